The van der Waals surface area contributed by atoms with Gasteiger partial charge in [-0.05, 0) is 34.4 Å². The van der Waals surface area contributed by atoms with E-state index in [1.807, 2.05) is 48.5 Å². The molecule has 3 aromatic rings. The maximum absolute atomic E-state index is 14.0. The topological polar surface area (TPSA) is 110 Å². The highest BCUT2D eigenvalue weighted by atomic mass is 16.6. The maximum Gasteiger partial charge on any atom is 0.297 e. The van der Waals surface area contributed by atoms with E-state index in [2.05, 4.69) is 0 Å². The molecule has 0 radical (unpaired) electrons. The summed E-state index contributed by atoms with van der Waals surface area (Å²) >= 11 is 0. The van der Waals surface area contributed by atoms with E-state index in [1.54, 1.807) is 0 Å². The molecule has 2 bridgehead atoms. The van der Waals surface area contributed by atoms with Crippen LogP contribution in [0.25, 0.3) is 0 Å². The average Bonchev–Trinajstić information content (AvgIpc) is 3.14. The fourth-order valence-corrected chi connectivity index (χ4v) is 6.40. The molecule has 2 atom stereocenters. The highest BCUT2D eigenvalue weighted by Crippen LogP contribution is 2.64. The molecule has 2 amide bonds. The third-order valence-corrected chi connectivity index (χ3v) is 7.66. The second kappa shape index (κ2) is 6.98. The Bertz CT molecular complexity index is 1350. The van der Waals surface area contributed by atoms with Crippen molar-refractivity contribution in [1.29, 1.82) is 0 Å². The van der Waals surface area contributed by atoms with Crippen molar-refractivity contribution in [3.05, 3.63) is 99.1 Å². The molecule has 1 saturated heterocycles. The van der Waals surface area contributed by atoms with Crippen molar-refractivity contribution >= 4 is 23.2 Å². The molecule has 2 unspecified atom stereocenters. The number of rotatable bonds is 4. The van der Waals surface area contributed by atoms with Gasteiger partial charge in [0.1, 0.15) is 11.4 Å². The number of aliphatic hydroxyl groups excluding tert-OH is 1. The molecule has 0 aromatic heterocycles. The number of nitro benzene ring substituents is 1. The number of carbonyl (C=O) groups excluding carboxylic acids is 2. The summed E-state index contributed by atoms with van der Waals surface area (Å²) in [7, 11) is 1.39. The highest BCUT2D eigenvalue weighted by Gasteiger charge is 2.68. The van der Waals surface area contributed by atoms with Gasteiger partial charge in [0.05, 0.1) is 42.0 Å². The number of benzene rings is 3. The summed E-state index contributed by atoms with van der Waals surface area (Å²) in [6, 6.07) is 19.2. The summed E-state index contributed by atoms with van der Waals surface area (Å²) in [6.45, 7) is -0.369. The van der Waals surface area contributed by atoms with Crippen LogP contribution in [0.2, 0.25) is 0 Å². The Kier molecular flexibility index (Phi) is 4.22. The van der Waals surface area contributed by atoms with E-state index in [1.165, 1.54) is 25.3 Å². The number of hydrogen-bond acceptors (Lipinski definition) is 6. The molecule has 3 aliphatic carbocycles. The number of amides is 2. The summed E-state index contributed by atoms with van der Waals surface area (Å²) in [4.78, 5) is 40.1. The highest BCUT2D eigenvalue weighted by molar-refractivity contribution is 6.24. The van der Waals surface area contributed by atoms with E-state index in [0.29, 0.717) is 0 Å². The summed E-state index contributed by atoms with van der Waals surface area (Å²) in [6.07, 6.45) is 0. The number of anilines is 1. The van der Waals surface area contributed by atoms with Crippen molar-refractivity contribution in [2.75, 3.05) is 18.6 Å². The van der Waals surface area contributed by atoms with Gasteiger partial charge in [-0.3, -0.25) is 19.7 Å². The summed E-state index contributed by atoms with van der Waals surface area (Å²) in [5.74, 6) is -2.81. The van der Waals surface area contributed by atoms with E-state index >= 15 is 0 Å². The van der Waals surface area contributed by atoms with Crippen LogP contribution in [0.5, 0.6) is 5.75 Å². The minimum atomic E-state index is -1.12. The molecule has 1 fully saturated rings. The van der Waals surface area contributed by atoms with Crippen LogP contribution >= 0.6 is 0 Å². The lowest BCUT2D eigenvalue weighted by atomic mass is 9.47. The van der Waals surface area contributed by atoms with Gasteiger partial charge in [-0.15, -0.1) is 0 Å². The Morgan fingerprint density at radius 3 is 2.18 bits per heavy atom. The zero-order chi connectivity index (χ0) is 23.8. The van der Waals surface area contributed by atoms with E-state index in [4.69, 9.17) is 4.74 Å². The lowest BCUT2D eigenvalue weighted by Gasteiger charge is -2.53. The normalized spacial score (nSPS) is 26.2. The first-order valence-corrected chi connectivity index (χ1v) is 11.0. The molecule has 4 aliphatic rings. The molecule has 1 aliphatic heterocycles. The van der Waals surface area contributed by atoms with Gasteiger partial charge in [0, 0.05) is 5.92 Å². The molecule has 8 nitrogen and oxygen atoms in total. The first-order valence-electron chi connectivity index (χ1n) is 11.0. The molecule has 0 spiro atoms. The number of ether oxygens (including phenoxy) is 1. The number of methoxy groups -OCH3 is 1. The minimum Gasteiger partial charge on any atom is -0.496 e. The largest absolute Gasteiger partial charge is 0.496 e. The van der Waals surface area contributed by atoms with Gasteiger partial charge in [0.2, 0.25) is 11.8 Å². The van der Waals surface area contributed by atoms with Crippen LogP contribution in [0.3, 0.4) is 0 Å². The van der Waals surface area contributed by atoms with Crippen molar-refractivity contribution in [3.8, 4) is 5.75 Å². The van der Waals surface area contributed by atoms with Crippen molar-refractivity contribution < 1.29 is 24.4 Å². The summed E-state index contributed by atoms with van der Waals surface area (Å²) in [5.41, 5.74) is 1.88. The van der Waals surface area contributed by atoms with Crippen LogP contribution in [0.4, 0.5) is 11.4 Å². The Hall–Kier alpha value is -4.04. The molecule has 1 heterocycles. The van der Waals surface area contributed by atoms with E-state index in [0.717, 1.165) is 27.2 Å². The van der Waals surface area contributed by atoms with Crippen molar-refractivity contribution in [2.45, 2.75) is 11.3 Å². The molecule has 1 N–H and O–H groups in total. The van der Waals surface area contributed by atoms with Gasteiger partial charge in [0.25, 0.3) is 5.69 Å². The predicted octanol–water partition coefficient (Wildman–Crippen LogP) is 3.15. The van der Waals surface area contributed by atoms with Crippen LogP contribution in [0.15, 0.2) is 66.7 Å². The Balaban J connectivity index is 1.61. The standard InChI is InChI=1S/C26H20N2O6/c1-34-14-10-11-19(20(12-14)28(32)33)27-24(30)22-21-15-6-2-4-8-17(15)26(13-29,23(22)25(27)31)18-9-5-3-7-16(18)21/h2-12,21-23,29H,13H2,1H3. The average molecular weight is 456 g/mol. The Labute approximate surface area is 194 Å². The lowest BCUT2D eigenvalue weighted by Crippen LogP contribution is -2.55. The summed E-state index contributed by atoms with van der Waals surface area (Å²) in [5, 5.41) is 22.7. The van der Waals surface area contributed by atoms with Gasteiger partial charge < -0.3 is 9.84 Å². The second-order valence-electron chi connectivity index (χ2n) is 8.91. The van der Waals surface area contributed by atoms with Crippen LogP contribution in [-0.4, -0.2) is 35.6 Å². The van der Waals surface area contributed by atoms with E-state index in [9.17, 15) is 24.8 Å². The SMILES string of the molecule is COc1ccc(N2C(=O)C3C4c5ccccc5C(CO)(c5ccccc54)C3C2=O)c([N+](=O)[O-])c1. The van der Waals surface area contributed by atoms with E-state index in [-0.39, 0.29) is 29.6 Å². The lowest BCUT2D eigenvalue weighted by molar-refractivity contribution is -0.384. The minimum absolute atomic E-state index is 0.0872. The number of carbonyl (C=O) groups is 2. The zero-order valence-electron chi connectivity index (χ0n) is 18.2. The molecule has 34 heavy (non-hydrogen) atoms. The van der Waals surface area contributed by atoms with Gasteiger partial charge in [-0.25, -0.2) is 4.90 Å². The number of imide groups is 1. The number of nitrogens with zero attached hydrogens (tertiary/aromatic N) is 2. The van der Waals surface area contributed by atoms with Gasteiger partial charge in [0.15, 0.2) is 0 Å². The molecule has 8 heteroatoms. The van der Waals surface area contributed by atoms with Crippen LogP contribution < -0.4 is 9.64 Å². The van der Waals surface area contributed by atoms with Crippen molar-refractivity contribution in [2.24, 2.45) is 11.8 Å². The zero-order valence-corrected chi connectivity index (χ0v) is 18.2. The quantitative estimate of drug-likeness (QED) is 0.367. The van der Waals surface area contributed by atoms with Crippen LogP contribution in [-0.2, 0) is 15.0 Å². The molecule has 7 rings (SSSR count). The molecule has 170 valence electrons. The number of hydrogen-bond donors (Lipinski definition) is 1. The smallest absolute Gasteiger partial charge is 0.297 e. The van der Waals surface area contributed by atoms with Crippen LogP contribution in [0, 0.1) is 22.0 Å². The second-order valence-corrected chi connectivity index (χ2v) is 8.91. The molecular formula is C26H20N2O6. The van der Waals surface area contributed by atoms with Gasteiger partial charge in [-0.2, -0.15) is 0 Å². The van der Waals surface area contributed by atoms with Gasteiger partial charge >= 0.3 is 0 Å². The van der Waals surface area contributed by atoms with Crippen molar-refractivity contribution in [1.82, 2.24) is 0 Å². The Morgan fingerprint density at radius 1 is 1.00 bits per heavy atom. The Morgan fingerprint density at radius 2 is 1.62 bits per heavy atom. The summed E-state index contributed by atoms with van der Waals surface area (Å²) < 4.78 is 5.11. The number of aliphatic hydroxyl groups is 1. The first kappa shape index (κ1) is 20.6. The molecule has 3 aromatic carbocycles. The fraction of sp³-hybridized carbons (Fsp3) is 0.231. The monoisotopic (exact) mass is 456 g/mol. The number of nitro groups is 1. The van der Waals surface area contributed by atoms with Crippen LogP contribution in [0.1, 0.15) is 28.2 Å². The van der Waals surface area contributed by atoms with Crippen molar-refractivity contribution in [3.63, 3.8) is 0 Å². The van der Waals surface area contributed by atoms with Gasteiger partial charge in [-0.1, -0.05) is 48.5 Å². The van der Waals surface area contributed by atoms with E-state index < -0.39 is 34.0 Å². The molecule has 0 saturated carbocycles. The maximum atomic E-state index is 14.0. The first-order chi connectivity index (χ1) is 16.5. The fourth-order valence-electron chi connectivity index (χ4n) is 6.40. The third kappa shape index (κ3) is 2.30. The predicted molar refractivity (Wildman–Crippen MR) is 122 cm³/mol. The molecular weight excluding hydrogens is 436 g/mol. The third-order valence-electron chi connectivity index (χ3n) is 7.66.